The fourth-order valence-electron chi connectivity index (χ4n) is 2.24. The average molecular weight is 370 g/mol. The first-order valence-electron chi connectivity index (χ1n) is 6.86. The highest BCUT2D eigenvalue weighted by atomic mass is 79.9. The predicted molar refractivity (Wildman–Crippen MR) is 96.0 cm³/mol. The number of rotatable bonds is 4. The minimum atomic E-state index is -0.430. The van der Waals surface area contributed by atoms with Gasteiger partial charge in [0.25, 0.3) is 5.69 Å². The number of benzene rings is 3. The van der Waals surface area contributed by atoms with Crippen molar-refractivity contribution in [2.24, 2.45) is 5.10 Å². The Hall–Kier alpha value is -2.73. The smallest absolute Gasteiger partial charge is 0.269 e. The van der Waals surface area contributed by atoms with Crippen LogP contribution in [0.3, 0.4) is 0 Å². The topological polar surface area (TPSA) is 67.5 Å². The molecule has 0 heterocycles. The molecule has 6 heteroatoms. The number of nitro groups is 1. The van der Waals surface area contributed by atoms with Crippen molar-refractivity contribution in [1.82, 2.24) is 0 Å². The Bertz CT molecular complexity index is 892. The van der Waals surface area contributed by atoms with E-state index in [9.17, 15) is 10.1 Å². The number of hydrogen-bond acceptors (Lipinski definition) is 4. The lowest BCUT2D eigenvalue weighted by Crippen LogP contribution is -1.92. The van der Waals surface area contributed by atoms with Crippen LogP contribution in [0.2, 0.25) is 0 Å². The van der Waals surface area contributed by atoms with Crippen LogP contribution in [0.4, 0.5) is 11.4 Å². The Morgan fingerprint density at radius 2 is 1.70 bits per heavy atom. The van der Waals surface area contributed by atoms with Gasteiger partial charge in [-0.25, -0.2) is 0 Å². The summed E-state index contributed by atoms with van der Waals surface area (Å²) in [6, 6.07) is 18.1. The summed E-state index contributed by atoms with van der Waals surface area (Å²) in [5.74, 6) is 0. The molecule has 0 aromatic heterocycles. The van der Waals surface area contributed by atoms with Crippen molar-refractivity contribution >= 4 is 44.3 Å². The van der Waals surface area contributed by atoms with Crippen LogP contribution < -0.4 is 5.43 Å². The molecule has 114 valence electrons. The molecule has 0 aliphatic heterocycles. The van der Waals surface area contributed by atoms with E-state index >= 15 is 0 Å². The van der Waals surface area contributed by atoms with Gasteiger partial charge >= 0.3 is 0 Å². The zero-order valence-corrected chi connectivity index (χ0v) is 13.5. The zero-order valence-electron chi connectivity index (χ0n) is 11.9. The molecule has 0 spiro atoms. The van der Waals surface area contributed by atoms with Crippen molar-refractivity contribution in [3.63, 3.8) is 0 Å². The lowest BCUT2D eigenvalue weighted by molar-refractivity contribution is -0.384. The Kier molecular flexibility index (Phi) is 4.34. The molecule has 0 aliphatic rings. The van der Waals surface area contributed by atoms with Gasteiger partial charge in [0, 0.05) is 22.2 Å². The first-order chi connectivity index (χ1) is 11.1. The Labute approximate surface area is 140 Å². The summed E-state index contributed by atoms with van der Waals surface area (Å²) in [4.78, 5) is 10.2. The molecular weight excluding hydrogens is 358 g/mol. The average Bonchev–Trinajstić information content (AvgIpc) is 2.56. The molecule has 0 saturated heterocycles. The molecule has 0 aliphatic carbocycles. The fourth-order valence-corrected chi connectivity index (χ4v) is 2.74. The van der Waals surface area contributed by atoms with Gasteiger partial charge in [0.15, 0.2) is 0 Å². The van der Waals surface area contributed by atoms with Crippen molar-refractivity contribution in [3.8, 4) is 0 Å². The van der Waals surface area contributed by atoms with Crippen LogP contribution in [0.1, 0.15) is 5.56 Å². The van der Waals surface area contributed by atoms with E-state index in [1.165, 1.54) is 12.1 Å². The second-order valence-electron chi connectivity index (χ2n) is 4.86. The Balaban J connectivity index is 1.81. The van der Waals surface area contributed by atoms with Crippen LogP contribution in [-0.2, 0) is 0 Å². The van der Waals surface area contributed by atoms with Crippen LogP contribution in [-0.4, -0.2) is 11.1 Å². The van der Waals surface area contributed by atoms with Gasteiger partial charge in [-0.3, -0.25) is 15.5 Å². The minimum absolute atomic E-state index is 0.0541. The molecular formula is C17H12BrN3O2. The largest absolute Gasteiger partial charge is 0.278 e. The van der Waals surface area contributed by atoms with E-state index in [2.05, 4.69) is 26.5 Å². The van der Waals surface area contributed by atoms with Crippen molar-refractivity contribution < 1.29 is 4.92 Å². The third-order valence-corrected chi connectivity index (χ3v) is 4.07. The third-order valence-electron chi connectivity index (χ3n) is 3.38. The summed E-state index contributed by atoms with van der Waals surface area (Å²) >= 11 is 3.54. The summed E-state index contributed by atoms with van der Waals surface area (Å²) < 4.78 is 1.04. The molecule has 0 atom stereocenters. The van der Waals surface area contributed by atoms with Crippen molar-refractivity contribution in [1.29, 1.82) is 0 Å². The van der Waals surface area contributed by atoms with Crippen molar-refractivity contribution in [3.05, 3.63) is 80.8 Å². The maximum Gasteiger partial charge on any atom is 0.269 e. The minimum Gasteiger partial charge on any atom is -0.278 e. The van der Waals surface area contributed by atoms with Crippen molar-refractivity contribution in [2.45, 2.75) is 0 Å². The first kappa shape index (κ1) is 15.2. The third kappa shape index (κ3) is 3.37. The number of nitro benzene ring substituents is 1. The number of fused-ring (bicyclic) bond motifs is 1. The number of hydrogen-bond donors (Lipinski definition) is 1. The van der Waals surface area contributed by atoms with Crippen LogP contribution >= 0.6 is 15.9 Å². The molecule has 0 bridgehead atoms. The summed E-state index contributed by atoms with van der Waals surface area (Å²) in [7, 11) is 0. The van der Waals surface area contributed by atoms with E-state index in [-0.39, 0.29) is 5.69 Å². The van der Waals surface area contributed by atoms with Gasteiger partial charge in [-0.2, -0.15) is 5.10 Å². The Morgan fingerprint density at radius 1 is 1.00 bits per heavy atom. The maximum absolute atomic E-state index is 10.6. The van der Waals surface area contributed by atoms with E-state index in [1.54, 1.807) is 18.3 Å². The highest BCUT2D eigenvalue weighted by Crippen LogP contribution is 2.25. The molecule has 5 nitrogen and oxygen atoms in total. The van der Waals surface area contributed by atoms with Crippen LogP contribution in [0.25, 0.3) is 10.8 Å². The second kappa shape index (κ2) is 6.58. The lowest BCUT2D eigenvalue weighted by atomic mass is 10.1. The standard InChI is InChI=1S/C17H12BrN3O2/c18-17-6-2-4-15-12(3-1-5-16(15)17)11-19-20-13-7-9-14(10-8-13)21(22)23/h1-11,20H. The number of nitrogens with zero attached hydrogens (tertiary/aromatic N) is 2. The van der Waals surface area contributed by atoms with E-state index in [1.807, 2.05) is 36.4 Å². The number of hydrazone groups is 1. The molecule has 0 fully saturated rings. The highest BCUT2D eigenvalue weighted by molar-refractivity contribution is 9.10. The predicted octanol–water partition coefficient (Wildman–Crippen LogP) is 4.96. The second-order valence-corrected chi connectivity index (χ2v) is 5.71. The number of nitrogens with one attached hydrogen (secondary N) is 1. The SMILES string of the molecule is O=[N+]([O-])c1ccc(NN=Cc2cccc3c(Br)cccc23)cc1. The van der Waals surface area contributed by atoms with Gasteiger partial charge in [0.1, 0.15) is 0 Å². The molecule has 0 unspecified atom stereocenters. The van der Waals surface area contributed by atoms with Gasteiger partial charge in [-0.15, -0.1) is 0 Å². The summed E-state index contributed by atoms with van der Waals surface area (Å²) in [5.41, 5.74) is 4.60. The number of halogens is 1. The van der Waals surface area contributed by atoms with Gasteiger partial charge < -0.3 is 0 Å². The highest BCUT2D eigenvalue weighted by Gasteiger charge is 2.03. The van der Waals surface area contributed by atoms with Gasteiger partial charge in [-0.05, 0) is 29.0 Å². The molecule has 0 radical (unpaired) electrons. The molecule has 3 rings (SSSR count). The molecule has 3 aromatic rings. The van der Waals surface area contributed by atoms with E-state index < -0.39 is 4.92 Å². The molecule has 0 amide bonds. The molecule has 1 N–H and O–H groups in total. The van der Waals surface area contributed by atoms with E-state index in [0.29, 0.717) is 5.69 Å². The van der Waals surface area contributed by atoms with Crippen LogP contribution in [0, 0.1) is 10.1 Å². The van der Waals surface area contributed by atoms with Gasteiger partial charge in [0.05, 0.1) is 16.8 Å². The van der Waals surface area contributed by atoms with Gasteiger partial charge in [0.2, 0.25) is 0 Å². The number of anilines is 1. The molecule has 3 aromatic carbocycles. The summed E-state index contributed by atoms with van der Waals surface area (Å²) in [5, 5.41) is 17.0. The lowest BCUT2D eigenvalue weighted by Gasteiger charge is -2.04. The summed E-state index contributed by atoms with van der Waals surface area (Å²) in [6.45, 7) is 0. The number of non-ortho nitro benzene ring substituents is 1. The Morgan fingerprint density at radius 3 is 2.43 bits per heavy atom. The quantitative estimate of drug-likeness (QED) is 0.401. The normalized spacial score (nSPS) is 11.0. The summed E-state index contributed by atoms with van der Waals surface area (Å²) in [6.07, 6.45) is 1.73. The fraction of sp³-hybridized carbons (Fsp3) is 0. The van der Waals surface area contributed by atoms with Crippen LogP contribution in [0.15, 0.2) is 70.2 Å². The zero-order chi connectivity index (χ0) is 16.2. The van der Waals surface area contributed by atoms with Gasteiger partial charge in [-0.1, -0.05) is 46.3 Å². The van der Waals surface area contributed by atoms with E-state index in [0.717, 1.165) is 20.8 Å². The molecule has 23 heavy (non-hydrogen) atoms. The first-order valence-corrected chi connectivity index (χ1v) is 7.65. The van der Waals surface area contributed by atoms with E-state index in [4.69, 9.17) is 0 Å². The van der Waals surface area contributed by atoms with Crippen LogP contribution in [0.5, 0.6) is 0 Å². The van der Waals surface area contributed by atoms with Crippen molar-refractivity contribution in [2.75, 3.05) is 5.43 Å². The molecule has 0 saturated carbocycles. The maximum atomic E-state index is 10.6. The monoisotopic (exact) mass is 369 g/mol.